The largest absolute Gasteiger partial charge is 0.375 e. The molecule has 21 heavy (non-hydrogen) atoms. The van der Waals surface area contributed by atoms with Gasteiger partial charge in [0.05, 0.1) is 18.4 Å². The number of hydrogen-bond donors (Lipinski definition) is 2. The average molecular weight is 286 g/mol. The second-order valence-corrected chi connectivity index (χ2v) is 4.98. The van der Waals surface area contributed by atoms with Crippen molar-refractivity contribution < 1.29 is 9.53 Å². The minimum atomic E-state index is -0.347. The van der Waals surface area contributed by atoms with Crippen LogP contribution in [0.25, 0.3) is 5.69 Å². The van der Waals surface area contributed by atoms with E-state index in [1.165, 1.54) is 0 Å². The standard InChI is InChI=1S/C15H18N4O2/c1-11-14(16-8-10-21-11)15(20)17-13-7-9-19(18-13)12-5-3-2-4-6-12/h2-7,9,11,14,16H,8,10H2,1H3,(H,17,18,20)/t11-,14+/m1/s1. The van der Waals surface area contributed by atoms with E-state index in [0.717, 1.165) is 5.69 Å². The lowest BCUT2D eigenvalue weighted by Gasteiger charge is -2.28. The molecule has 2 atom stereocenters. The molecule has 2 N–H and O–H groups in total. The van der Waals surface area contributed by atoms with E-state index in [4.69, 9.17) is 4.74 Å². The van der Waals surface area contributed by atoms with Gasteiger partial charge in [0.1, 0.15) is 6.04 Å². The number of nitrogens with one attached hydrogen (secondary N) is 2. The highest BCUT2D eigenvalue weighted by atomic mass is 16.5. The summed E-state index contributed by atoms with van der Waals surface area (Å²) < 4.78 is 7.20. The Bertz CT molecular complexity index is 611. The molecule has 0 spiro atoms. The van der Waals surface area contributed by atoms with Crippen molar-refractivity contribution in [2.75, 3.05) is 18.5 Å². The van der Waals surface area contributed by atoms with Crippen LogP contribution in [0.3, 0.4) is 0 Å². The summed E-state index contributed by atoms with van der Waals surface area (Å²) in [5, 5.41) is 10.3. The second kappa shape index (κ2) is 6.07. The number of aromatic nitrogens is 2. The molecule has 2 aromatic rings. The molecule has 0 aliphatic carbocycles. The zero-order valence-corrected chi connectivity index (χ0v) is 11.8. The Kier molecular flexibility index (Phi) is 3.98. The number of anilines is 1. The summed E-state index contributed by atoms with van der Waals surface area (Å²) in [4.78, 5) is 12.2. The topological polar surface area (TPSA) is 68.2 Å². The van der Waals surface area contributed by atoms with E-state index in [1.54, 1.807) is 10.7 Å². The van der Waals surface area contributed by atoms with Crippen LogP contribution in [0.5, 0.6) is 0 Å². The summed E-state index contributed by atoms with van der Waals surface area (Å²) in [6.45, 7) is 3.20. The van der Waals surface area contributed by atoms with Crippen LogP contribution in [-0.4, -0.2) is 41.0 Å². The minimum absolute atomic E-state index is 0.125. The van der Waals surface area contributed by atoms with Gasteiger partial charge >= 0.3 is 0 Å². The zero-order chi connectivity index (χ0) is 14.7. The number of benzene rings is 1. The zero-order valence-electron chi connectivity index (χ0n) is 11.8. The predicted octanol–water partition coefficient (Wildman–Crippen LogP) is 1.19. The molecule has 0 radical (unpaired) electrons. The fourth-order valence-electron chi connectivity index (χ4n) is 2.35. The lowest BCUT2D eigenvalue weighted by Crippen LogP contribution is -2.53. The van der Waals surface area contributed by atoms with E-state index in [0.29, 0.717) is 19.0 Å². The van der Waals surface area contributed by atoms with Crippen molar-refractivity contribution in [3.05, 3.63) is 42.6 Å². The highest BCUT2D eigenvalue weighted by molar-refractivity contribution is 5.94. The van der Waals surface area contributed by atoms with E-state index < -0.39 is 0 Å². The first-order valence-corrected chi connectivity index (χ1v) is 7.01. The molecule has 1 aliphatic heterocycles. The predicted molar refractivity (Wildman–Crippen MR) is 79.4 cm³/mol. The average Bonchev–Trinajstić information content (AvgIpc) is 2.97. The third kappa shape index (κ3) is 3.12. The maximum absolute atomic E-state index is 12.2. The summed E-state index contributed by atoms with van der Waals surface area (Å²) >= 11 is 0. The van der Waals surface area contributed by atoms with Crippen LogP contribution in [0.2, 0.25) is 0 Å². The SMILES string of the molecule is C[C@H]1OCCN[C@@H]1C(=O)Nc1ccn(-c2ccccc2)n1. The van der Waals surface area contributed by atoms with Crippen LogP contribution >= 0.6 is 0 Å². The molecule has 0 unspecified atom stereocenters. The van der Waals surface area contributed by atoms with E-state index in [9.17, 15) is 4.79 Å². The molecule has 1 fully saturated rings. The Morgan fingerprint density at radius 1 is 1.38 bits per heavy atom. The van der Waals surface area contributed by atoms with Crippen LogP contribution in [0.4, 0.5) is 5.82 Å². The van der Waals surface area contributed by atoms with Gasteiger partial charge in [0.25, 0.3) is 0 Å². The number of ether oxygens (including phenoxy) is 1. The molecule has 1 saturated heterocycles. The molecule has 3 rings (SSSR count). The fraction of sp³-hybridized carbons (Fsp3) is 0.333. The van der Waals surface area contributed by atoms with Crippen molar-refractivity contribution in [3.8, 4) is 5.69 Å². The van der Waals surface area contributed by atoms with Gasteiger partial charge in [-0.1, -0.05) is 18.2 Å². The molecule has 6 nitrogen and oxygen atoms in total. The van der Waals surface area contributed by atoms with Gasteiger partial charge in [-0.05, 0) is 19.1 Å². The van der Waals surface area contributed by atoms with Gasteiger partial charge in [0.2, 0.25) is 5.91 Å². The Balaban J connectivity index is 1.68. The first-order valence-electron chi connectivity index (χ1n) is 7.01. The van der Waals surface area contributed by atoms with E-state index >= 15 is 0 Å². The third-order valence-electron chi connectivity index (χ3n) is 3.46. The molecule has 1 amide bonds. The molecular weight excluding hydrogens is 268 g/mol. The lowest BCUT2D eigenvalue weighted by atomic mass is 10.1. The summed E-state index contributed by atoms with van der Waals surface area (Å²) in [6, 6.07) is 11.2. The number of para-hydroxylation sites is 1. The molecule has 0 saturated carbocycles. The van der Waals surface area contributed by atoms with Gasteiger partial charge in [-0.3, -0.25) is 4.79 Å². The number of morpholine rings is 1. The van der Waals surface area contributed by atoms with Crippen molar-refractivity contribution in [3.63, 3.8) is 0 Å². The number of hydrogen-bond acceptors (Lipinski definition) is 4. The molecule has 1 aliphatic rings. The molecule has 0 bridgehead atoms. The van der Waals surface area contributed by atoms with E-state index in [1.807, 2.05) is 43.5 Å². The van der Waals surface area contributed by atoms with Gasteiger partial charge in [-0.15, -0.1) is 0 Å². The van der Waals surface area contributed by atoms with E-state index in [2.05, 4.69) is 15.7 Å². The van der Waals surface area contributed by atoms with Crippen LogP contribution < -0.4 is 10.6 Å². The number of rotatable bonds is 3. The number of amides is 1. The summed E-state index contributed by atoms with van der Waals surface area (Å²) in [7, 11) is 0. The van der Waals surface area contributed by atoms with Crippen molar-refractivity contribution >= 4 is 11.7 Å². The normalized spacial score (nSPS) is 22.0. The highest BCUT2D eigenvalue weighted by Crippen LogP contribution is 2.11. The van der Waals surface area contributed by atoms with Crippen molar-refractivity contribution in [2.24, 2.45) is 0 Å². The first kappa shape index (κ1) is 13.8. The molecule has 2 heterocycles. The lowest BCUT2D eigenvalue weighted by molar-refractivity contribution is -0.123. The number of nitrogens with zero attached hydrogens (tertiary/aromatic N) is 2. The van der Waals surface area contributed by atoms with Gasteiger partial charge in [-0.25, -0.2) is 4.68 Å². The van der Waals surface area contributed by atoms with Gasteiger partial charge in [-0.2, -0.15) is 5.10 Å². The van der Waals surface area contributed by atoms with Gasteiger partial charge in [0.15, 0.2) is 5.82 Å². The van der Waals surface area contributed by atoms with Crippen molar-refractivity contribution in [1.29, 1.82) is 0 Å². The third-order valence-corrected chi connectivity index (χ3v) is 3.46. The smallest absolute Gasteiger partial charge is 0.245 e. The maximum Gasteiger partial charge on any atom is 0.245 e. The Hall–Kier alpha value is -2.18. The van der Waals surface area contributed by atoms with Crippen LogP contribution in [0, 0.1) is 0 Å². The minimum Gasteiger partial charge on any atom is -0.375 e. The summed E-state index contributed by atoms with van der Waals surface area (Å²) in [5.41, 5.74) is 0.950. The second-order valence-electron chi connectivity index (χ2n) is 4.98. The number of carbonyl (C=O) groups is 1. The molecule has 110 valence electrons. The van der Waals surface area contributed by atoms with Crippen molar-refractivity contribution in [1.82, 2.24) is 15.1 Å². The van der Waals surface area contributed by atoms with E-state index in [-0.39, 0.29) is 18.1 Å². The Morgan fingerprint density at radius 2 is 2.19 bits per heavy atom. The maximum atomic E-state index is 12.2. The van der Waals surface area contributed by atoms with Gasteiger partial charge in [0, 0.05) is 18.8 Å². The van der Waals surface area contributed by atoms with Crippen LogP contribution in [0.15, 0.2) is 42.6 Å². The monoisotopic (exact) mass is 286 g/mol. The molecular formula is C15H18N4O2. The van der Waals surface area contributed by atoms with Crippen LogP contribution in [0.1, 0.15) is 6.92 Å². The quantitative estimate of drug-likeness (QED) is 0.889. The summed E-state index contributed by atoms with van der Waals surface area (Å²) in [5.74, 6) is 0.406. The van der Waals surface area contributed by atoms with Crippen molar-refractivity contribution in [2.45, 2.75) is 19.1 Å². The molecule has 6 heteroatoms. The molecule has 1 aromatic carbocycles. The first-order chi connectivity index (χ1) is 10.2. The van der Waals surface area contributed by atoms with Gasteiger partial charge < -0.3 is 15.4 Å². The molecule has 1 aromatic heterocycles. The summed E-state index contributed by atoms with van der Waals surface area (Å²) in [6.07, 6.45) is 1.68. The fourth-order valence-corrected chi connectivity index (χ4v) is 2.35. The number of carbonyl (C=O) groups excluding carboxylic acids is 1. The Morgan fingerprint density at radius 3 is 2.95 bits per heavy atom. The Labute approximate surface area is 123 Å². The van der Waals surface area contributed by atoms with Crippen LogP contribution in [-0.2, 0) is 9.53 Å². The highest BCUT2D eigenvalue weighted by Gasteiger charge is 2.28.